The van der Waals surface area contributed by atoms with Crippen LogP contribution in [0.25, 0.3) is 0 Å². The lowest BCUT2D eigenvalue weighted by Gasteiger charge is -2.13. The van der Waals surface area contributed by atoms with Crippen LogP contribution in [0, 0.1) is 32.1 Å². The highest BCUT2D eigenvalue weighted by molar-refractivity contribution is 7.92. The molecule has 1 heterocycles. The number of benzene rings is 1. The average molecular weight is 362 g/mol. The molecule has 0 atom stereocenters. The zero-order chi connectivity index (χ0) is 18.9. The molecule has 0 radical (unpaired) electrons. The molecule has 7 nitrogen and oxygen atoms in total. The molecule has 8 heteroatoms. The van der Waals surface area contributed by atoms with Gasteiger partial charge in [0.25, 0.3) is 10.0 Å². The minimum absolute atomic E-state index is 0.0623. The molecule has 0 aliphatic heterocycles. The van der Waals surface area contributed by atoms with E-state index in [-0.39, 0.29) is 39.2 Å². The number of Topliss-reactive ketones (excluding diaryl/α,β-unsaturated/α-hetero) is 1. The van der Waals surface area contributed by atoms with Gasteiger partial charge in [0.1, 0.15) is 28.0 Å². The van der Waals surface area contributed by atoms with Crippen LogP contribution in [0.15, 0.2) is 21.4 Å². The lowest BCUT2D eigenvalue weighted by Crippen LogP contribution is -2.15. The molecule has 2 aromatic rings. The normalized spacial score (nSPS) is 11.0. The smallest absolute Gasteiger partial charge is 0.267 e. The fourth-order valence-corrected chi connectivity index (χ4v) is 3.69. The first-order chi connectivity index (χ1) is 11.6. The summed E-state index contributed by atoms with van der Waals surface area (Å²) in [5.74, 6) is -0.324. The highest BCUT2D eigenvalue weighted by Gasteiger charge is 2.27. The number of hydrogen-bond donors (Lipinski definition) is 1. The van der Waals surface area contributed by atoms with E-state index < -0.39 is 10.0 Å². The Kier molecular flexibility index (Phi) is 4.90. The molecule has 1 N–H and O–H groups in total. The number of carbonyl (C=O) groups excluding carboxylic acids is 1. The fourth-order valence-electron chi connectivity index (χ4n) is 2.46. The standard InChI is InChI=1S/C17H18N2O5S/c1-9-6-14(23-5)15(7-10(9)2)25(21,22)19-17-13(8-18)16(11(3)20)12(4)24-17/h6-7,19H,1-5H3. The van der Waals surface area contributed by atoms with Crippen molar-refractivity contribution in [2.75, 3.05) is 11.8 Å². The van der Waals surface area contributed by atoms with E-state index in [1.807, 2.05) is 13.0 Å². The summed E-state index contributed by atoms with van der Waals surface area (Å²) in [6.07, 6.45) is 0. The molecule has 0 unspecified atom stereocenters. The Morgan fingerprint density at radius 1 is 1.24 bits per heavy atom. The van der Waals surface area contributed by atoms with Gasteiger partial charge in [0.15, 0.2) is 5.78 Å². The molecule has 0 saturated heterocycles. The number of nitrogens with zero attached hydrogens (tertiary/aromatic N) is 1. The Hall–Kier alpha value is -2.79. The van der Waals surface area contributed by atoms with Crippen molar-refractivity contribution in [3.63, 3.8) is 0 Å². The summed E-state index contributed by atoms with van der Waals surface area (Å²) in [6.45, 7) is 6.39. The molecule has 25 heavy (non-hydrogen) atoms. The van der Waals surface area contributed by atoms with E-state index in [4.69, 9.17) is 9.15 Å². The van der Waals surface area contributed by atoms with Gasteiger partial charge in [0.05, 0.1) is 12.7 Å². The van der Waals surface area contributed by atoms with E-state index in [9.17, 15) is 18.5 Å². The molecule has 0 fully saturated rings. The number of rotatable bonds is 5. The molecular formula is C17H18N2O5S. The number of ketones is 1. The maximum absolute atomic E-state index is 12.8. The van der Waals surface area contributed by atoms with Crippen molar-refractivity contribution >= 4 is 21.7 Å². The third kappa shape index (κ3) is 3.37. The Labute approximate surface area is 146 Å². The summed E-state index contributed by atoms with van der Waals surface area (Å²) in [5, 5.41) is 9.29. The fraction of sp³-hybridized carbons (Fsp3) is 0.294. The molecule has 0 bridgehead atoms. The average Bonchev–Trinajstić information content (AvgIpc) is 2.83. The molecule has 1 aromatic carbocycles. The highest BCUT2D eigenvalue weighted by atomic mass is 32.2. The van der Waals surface area contributed by atoms with Crippen molar-refractivity contribution in [3.8, 4) is 11.8 Å². The first kappa shape index (κ1) is 18.5. The Balaban J connectivity index is 2.59. The number of nitrogens with one attached hydrogen (secondary N) is 1. The molecule has 0 aliphatic carbocycles. The maximum atomic E-state index is 12.8. The number of aryl methyl sites for hydroxylation is 3. The molecule has 2 rings (SSSR count). The Morgan fingerprint density at radius 3 is 2.36 bits per heavy atom. The van der Waals surface area contributed by atoms with Gasteiger partial charge in [0, 0.05) is 0 Å². The second kappa shape index (κ2) is 6.61. The van der Waals surface area contributed by atoms with Gasteiger partial charge in [-0.25, -0.2) is 13.1 Å². The second-order valence-electron chi connectivity index (χ2n) is 5.60. The molecule has 1 aromatic heterocycles. The molecule has 0 saturated carbocycles. The largest absolute Gasteiger partial charge is 0.495 e. The van der Waals surface area contributed by atoms with E-state index >= 15 is 0 Å². The van der Waals surface area contributed by atoms with E-state index in [2.05, 4.69) is 4.72 Å². The molecule has 0 amide bonds. The van der Waals surface area contributed by atoms with Gasteiger partial charge in [-0.15, -0.1) is 0 Å². The minimum atomic E-state index is -4.09. The van der Waals surface area contributed by atoms with E-state index in [1.54, 1.807) is 13.0 Å². The summed E-state index contributed by atoms with van der Waals surface area (Å²) in [7, 11) is -2.72. The number of carbonyl (C=O) groups is 1. The van der Waals surface area contributed by atoms with Crippen LogP contribution in [-0.2, 0) is 10.0 Å². The minimum Gasteiger partial charge on any atom is -0.495 e. The molecule has 0 spiro atoms. The summed E-state index contributed by atoms with van der Waals surface area (Å²) in [5.41, 5.74) is 1.56. The van der Waals surface area contributed by atoms with Gasteiger partial charge in [-0.05, 0) is 51.0 Å². The van der Waals surface area contributed by atoms with Crippen LogP contribution in [0.1, 0.15) is 39.7 Å². The predicted octanol–water partition coefficient (Wildman–Crippen LogP) is 3.09. The zero-order valence-electron chi connectivity index (χ0n) is 14.6. The van der Waals surface area contributed by atoms with Crippen molar-refractivity contribution in [1.82, 2.24) is 0 Å². The van der Waals surface area contributed by atoms with Crippen LogP contribution in [-0.4, -0.2) is 21.3 Å². The van der Waals surface area contributed by atoms with Crippen molar-refractivity contribution in [1.29, 1.82) is 5.26 Å². The van der Waals surface area contributed by atoms with Crippen molar-refractivity contribution in [3.05, 3.63) is 40.1 Å². The number of hydrogen-bond acceptors (Lipinski definition) is 6. The number of sulfonamides is 1. The summed E-state index contributed by atoms with van der Waals surface area (Å²) in [6, 6.07) is 4.91. The van der Waals surface area contributed by atoms with Crippen LogP contribution in [0.4, 0.5) is 5.88 Å². The third-order valence-corrected chi connectivity index (χ3v) is 5.20. The Bertz CT molecular complexity index is 997. The van der Waals surface area contributed by atoms with Gasteiger partial charge in [-0.1, -0.05) is 0 Å². The third-order valence-electron chi connectivity index (χ3n) is 3.84. The number of nitriles is 1. The second-order valence-corrected chi connectivity index (χ2v) is 7.25. The van der Waals surface area contributed by atoms with E-state index in [0.29, 0.717) is 0 Å². The lowest BCUT2D eigenvalue weighted by atomic mass is 10.1. The lowest BCUT2D eigenvalue weighted by molar-refractivity contribution is 0.101. The summed E-state index contributed by atoms with van der Waals surface area (Å²) in [4.78, 5) is 11.6. The van der Waals surface area contributed by atoms with Gasteiger partial charge < -0.3 is 9.15 Å². The molecule has 0 aliphatic rings. The number of furan rings is 1. The van der Waals surface area contributed by atoms with Crippen molar-refractivity contribution in [2.24, 2.45) is 0 Å². The van der Waals surface area contributed by atoms with Gasteiger partial charge >= 0.3 is 0 Å². The predicted molar refractivity (Wildman–Crippen MR) is 91.4 cm³/mol. The quantitative estimate of drug-likeness (QED) is 0.819. The van der Waals surface area contributed by atoms with Crippen LogP contribution in [0.3, 0.4) is 0 Å². The summed E-state index contributed by atoms with van der Waals surface area (Å²) >= 11 is 0. The van der Waals surface area contributed by atoms with Crippen molar-refractivity contribution < 1.29 is 22.4 Å². The van der Waals surface area contributed by atoms with Crippen LogP contribution in [0.5, 0.6) is 5.75 Å². The first-order valence-corrected chi connectivity index (χ1v) is 8.83. The number of anilines is 1. The summed E-state index contributed by atoms with van der Waals surface area (Å²) < 4.78 is 38.2. The SMILES string of the molecule is COc1cc(C)c(C)cc1S(=O)(=O)Nc1oc(C)c(C(C)=O)c1C#N. The Morgan fingerprint density at radius 2 is 1.84 bits per heavy atom. The van der Waals surface area contributed by atoms with Gasteiger partial charge in [0.2, 0.25) is 5.88 Å². The molecular weight excluding hydrogens is 344 g/mol. The van der Waals surface area contributed by atoms with Crippen LogP contribution in [0.2, 0.25) is 0 Å². The van der Waals surface area contributed by atoms with Crippen molar-refractivity contribution in [2.45, 2.75) is 32.6 Å². The highest BCUT2D eigenvalue weighted by Crippen LogP contribution is 2.32. The van der Waals surface area contributed by atoms with Gasteiger partial charge in [-0.2, -0.15) is 5.26 Å². The monoisotopic (exact) mass is 362 g/mol. The maximum Gasteiger partial charge on any atom is 0.267 e. The number of methoxy groups -OCH3 is 1. The van der Waals surface area contributed by atoms with E-state index in [1.165, 1.54) is 27.0 Å². The topological polar surface area (TPSA) is 109 Å². The number of ether oxygens (including phenoxy) is 1. The van der Waals surface area contributed by atoms with Crippen LogP contribution >= 0.6 is 0 Å². The van der Waals surface area contributed by atoms with Gasteiger partial charge in [-0.3, -0.25) is 4.79 Å². The molecule has 132 valence electrons. The first-order valence-electron chi connectivity index (χ1n) is 7.34. The van der Waals surface area contributed by atoms with Crippen LogP contribution < -0.4 is 9.46 Å². The zero-order valence-corrected chi connectivity index (χ0v) is 15.4. The van der Waals surface area contributed by atoms with E-state index in [0.717, 1.165) is 11.1 Å².